The highest BCUT2D eigenvalue weighted by Gasteiger charge is 2.51. The predicted octanol–water partition coefficient (Wildman–Crippen LogP) is 6.03. The Labute approximate surface area is 342 Å². The molecule has 0 amide bonds. The van der Waals surface area contributed by atoms with Crippen LogP contribution in [0.4, 0.5) is 49.5 Å². The van der Waals surface area contributed by atoms with Crippen LogP contribution in [0.1, 0.15) is 62.5 Å². The normalized spacial score (nSPS) is 20.7. The summed E-state index contributed by atoms with van der Waals surface area (Å²) in [7, 11) is 2.02. The zero-order valence-electron chi connectivity index (χ0n) is 33.6. The maximum atomic E-state index is 14.8. The van der Waals surface area contributed by atoms with Gasteiger partial charge in [-0.15, -0.1) is 0 Å². The fraction of sp³-hybridized carbons (Fsp3) is 0.450. The number of hydrogen-bond donors (Lipinski definition) is 2. The highest BCUT2D eigenvalue weighted by Crippen LogP contribution is 2.50. The smallest absolute Gasteiger partial charge is 0.248 e. The molecule has 20 heteroatoms. The van der Waals surface area contributed by atoms with Crippen molar-refractivity contribution in [3.05, 3.63) is 60.7 Å². The number of alkyl halides is 2. The van der Waals surface area contributed by atoms with Crippen molar-refractivity contribution in [2.45, 2.75) is 76.7 Å². The number of aliphatic imine (C=N–C) groups is 1. The molecule has 308 valence electrons. The van der Waals surface area contributed by atoms with Crippen LogP contribution in [0.15, 0.2) is 54.6 Å². The van der Waals surface area contributed by atoms with Crippen molar-refractivity contribution in [1.82, 2.24) is 58.7 Å². The van der Waals surface area contributed by atoms with Gasteiger partial charge in [0.1, 0.15) is 23.9 Å². The Morgan fingerprint density at radius 3 is 2.20 bits per heavy atom. The van der Waals surface area contributed by atoms with Gasteiger partial charge in [-0.05, 0) is 75.1 Å². The Kier molecular flexibility index (Phi) is 8.35. The first-order valence-corrected chi connectivity index (χ1v) is 20.6. The van der Waals surface area contributed by atoms with Crippen LogP contribution in [0.5, 0.6) is 0 Å². The molecule has 60 heavy (non-hydrogen) atoms. The molecule has 0 aromatic carbocycles. The second-order valence-corrected chi connectivity index (χ2v) is 16.7. The first-order valence-electron chi connectivity index (χ1n) is 20.6. The summed E-state index contributed by atoms with van der Waals surface area (Å²) in [5.74, 6) is 0.922. The van der Waals surface area contributed by atoms with Crippen LogP contribution in [0.25, 0.3) is 22.5 Å². The third-order valence-electron chi connectivity index (χ3n) is 12.7. The van der Waals surface area contributed by atoms with Gasteiger partial charge in [0, 0.05) is 46.1 Å². The summed E-state index contributed by atoms with van der Waals surface area (Å²) in [6.45, 7) is 6.74. The Morgan fingerprint density at radius 1 is 0.800 bits per heavy atom. The molecule has 1 fully saturated rings. The summed E-state index contributed by atoms with van der Waals surface area (Å²) in [6, 6.07) is 3.91. The minimum atomic E-state index is -2.69. The average Bonchev–Trinajstić information content (AvgIpc) is 4.06. The van der Waals surface area contributed by atoms with Crippen LogP contribution in [0, 0.1) is 19.8 Å². The van der Waals surface area contributed by atoms with E-state index in [4.69, 9.17) is 19.9 Å². The molecule has 1 unspecified atom stereocenters. The van der Waals surface area contributed by atoms with Gasteiger partial charge in [0.15, 0.2) is 22.8 Å². The lowest BCUT2D eigenvalue weighted by molar-refractivity contribution is -0.0591. The number of aryl methyl sites for hydroxylation is 2. The largest absolute Gasteiger partial charge is 0.340 e. The fourth-order valence-electron chi connectivity index (χ4n) is 9.41. The topological polar surface area (TPSA) is 176 Å². The molecule has 2 N–H and O–H groups in total. The van der Waals surface area contributed by atoms with Gasteiger partial charge in [0.05, 0.1) is 41.7 Å². The molecule has 0 saturated heterocycles. The summed E-state index contributed by atoms with van der Waals surface area (Å²) in [5.41, 5.74) is 6.73. The molecule has 1 atom stereocenters. The van der Waals surface area contributed by atoms with Gasteiger partial charge in [-0.1, -0.05) is 6.42 Å². The summed E-state index contributed by atoms with van der Waals surface area (Å²) >= 11 is 0. The third-order valence-corrected chi connectivity index (χ3v) is 12.7. The van der Waals surface area contributed by atoms with Gasteiger partial charge in [0.2, 0.25) is 29.7 Å². The molecule has 10 heterocycles. The Bertz CT molecular complexity index is 2820. The van der Waals surface area contributed by atoms with E-state index in [-0.39, 0.29) is 12.8 Å². The van der Waals surface area contributed by atoms with Gasteiger partial charge in [-0.2, -0.15) is 20.2 Å². The fourth-order valence-corrected chi connectivity index (χ4v) is 9.41. The molecule has 1 saturated carbocycles. The van der Waals surface area contributed by atoms with E-state index < -0.39 is 11.5 Å². The van der Waals surface area contributed by atoms with E-state index >= 15 is 0 Å². The van der Waals surface area contributed by atoms with Crippen LogP contribution in [-0.4, -0.2) is 104 Å². The number of nitrogens with zero attached hydrogens (tertiary/aromatic N) is 16. The van der Waals surface area contributed by atoms with Crippen molar-refractivity contribution in [2.75, 3.05) is 58.6 Å². The first-order chi connectivity index (χ1) is 29.1. The van der Waals surface area contributed by atoms with E-state index in [1.165, 1.54) is 12.7 Å². The maximum absolute atomic E-state index is 14.8. The van der Waals surface area contributed by atoms with Crippen LogP contribution in [0.3, 0.4) is 0 Å². The molecule has 11 rings (SSSR count). The first kappa shape index (κ1) is 36.5. The van der Waals surface area contributed by atoms with Crippen LogP contribution in [0.2, 0.25) is 0 Å². The molecule has 4 aliphatic rings. The van der Waals surface area contributed by atoms with E-state index in [1.807, 2.05) is 51.6 Å². The van der Waals surface area contributed by atoms with E-state index in [9.17, 15) is 8.78 Å². The number of guanidine groups is 1. The minimum Gasteiger partial charge on any atom is -0.340 e. The van der Waals surface area contributed by atoms with Crippen molar-refractivity contribution in [1.29, 1.82) is 0 Å². The van der Waals surface area contributed by atoms with Gasteiger partial charge in [0.25, 0.3) is 0 Å². The lowest BCUT2D eigenvalue weighted by atomic mass is 9.80. The molecule has 1 aliphatic carbocycles. The number of aromatic nitrogens is 12. The average molecular weight is 815 g/mol. The summed E-state index contributed by atoms with van der Waals surface area (Å²) in [5, 5.41) is 15.3. The Hall–Kier alpha value is -6.60. The maximum Gasteiger partial charge on any atom is 0.248 e. The van der Waals surface area contributed by atoms with Gasteiger partial charge in [-0.3, -0.25) is 14.5 Å². The number of imidazole rings is 1. The summed E-state index contributed by atoms with van der Waals surface area (Å²) < 4.78 is 35.2. The van der Waals surface area contributed by atoms with Gasteiger partial charge in [-0.25, -0.2) is 42.7 Å². The monoisotopic (exact) mass is 814 g/mol. The SMILES string of the molecule is Cc1cc2ncnn2cc1Nc1ncc2c(n1)N1CCC(CN3CC4(CCC(F)(F)CC4)n4c3nc3cnc(Nc5cn6ncnc6cc5C)nc34)CCCC/N=C\1N2C. The van der Waals surface area contributed by atoms with Gasteiger partial charge < -0.3 is 20.4 Å². The van der Waals surface area contributed by atoms with Crippen LogP contribution >= 0.6 is 0 Å². The van der Waals surface area contributed by atoms with Crippen molar-refractivity contribution in [2.24, 2.45) is 10.9 Å². The summed E-state index contributed by atoms with van der Waals surface area (Å²) in [4.78, 5) is 44.7. The Morgan fingerprint density at radius 2 is 1.48 bits per heavy atom. The number of anilines is 7. The number of rotatable bonds is 6. The quantitative estimate of drug-likeness (QED) is 0.199. The van der Waals surface area contributed by atoms with E-state index in [2.05, 4.69) is 60.0 Å². The molecule has 18 nitrogen and oxygen atoms in total. The number of hydrogen-bond acceptors (Lipinski definition) is 15. The zero-order valence-corrected chi connectivity index (χ0v) is 33.6. The van der Waals surface area contributed by atoms with Crippen molar-refractivity contribution in [3.63, 3.8) is 0 Å². The molecule has 3 aliphatic heterocycles. The van der Waals surface area contributed by atoms with E-state index in [1.54, 1.807) is 15.2 Å². The minimum absolute atomic E-state index is 0.173. The molecule has 7 aromatic heterocycles. The standard InChI is InChI=1S/C40H44F2N18/c1-24-14-31-46-22-48-58(31)19-28(24)50-35-44-16-27-33(53-35)60-38(52-27)56(21-39(60)8-10-40(41,42)11-9-39)18-26-6-4-5-12-43-37-55(3)30-17-45-36(54-34(30)57(37)13-7-26)51-29-20-59-32(15-25(29)2)47-23-49-59/h14-17,19-20,22-23,26H,4-13,18,21H2,1-3H3,(H,44,50,53)(H,45,51,54)/b43-37-. The van der Waals surface area contributed by atoms with Gasteiger partial charge >= 0.3 is 0 Å². The second-order valence-electron chi connectivity index (χ2n) is 16.7. The molecular weight excluding hydrogens is 771 g/mol. The van der Waals surface area contributed by atoms with Crippen LogP contribution in [-0.2, 0) is 5.54 Å². The van der Waals surface area contributed by atoms with Crippen molar-refractivity contribution < 1.29 is 8.78 Å². The lowest BCUT2D eigenvalue weighted by Crippen LogP contribution is -2.44. The highest BCUT2D eigenvalue weighted by molar-refractivity contribution is 6.14. The van der Waals surface area contributed by atoms with Crippen molar-refractivity contribution >= 4 is 69.1 Å². The van der Waals surface area contributed by atoms with E-state index in [0.29, 0.717) is 61.5 Å². The van der Waals surface area contributed by atoms with Crippen molar-refractivity contribution in [3.8, 4) is 0 Å². The summed E-state index contributed by atoms with van der Waals surface area (Å²) in [6.07, 6.45) is 14.6. The molecule has 0 bridgehead atoms. The molecular formula is C40H44F2N18. The molecule has 0 radical (unpaired) electrons. The zero-order chi connectivity index (χ0) is 40.8. The van der Waals surface area contributed by atoms with Crippen LogP contribution < -0.4 is 25.3 Å². The molecule has 7 aromatic rings. The number of fused-ring (bicyclic) bond motifs is 9. The predicted molar refractivity (Wildman–Crippen MR) is 223 cm³/mol. The van der Waals surface area contributed by atoms with E-state index in [0.717, 1.165) is 89.4 Å². The number of pyridine rings is 2. The number of nitrogens with one attached hydrogen (secondary N) is 2. The Balaban J connectivity index is 0.880. The molecule has 1 spiro atoms. The lowest BCUT2D eigenvalue weighted by Gasteiger charge is -2.38. The highest BCUT2D eigenvalue weighted by atomic mass is 19.3. The second kappa shape index (κ2) is 13.7. The number of halogens is 2. The third kappa shape index (κ3) is 6.18.